The van der Waals surface area contributed by atoms with Gasteiger partial charge in [-0.1, -0.05) is 0 Å². The van der Waals surface area contributed by atoms with Gasteiger partial charge in [0, 0.05) is 13.7 Å². The Bertz CT molecular complexity index is 94.4. The predicted molar refractivity (Wildman–Crippen MR) is 41.7 cm³/mol. The molecule has 4 heteroatoms. The minimum Gasteiger partial charge on any atom is -0.368 e. The number of ether oxygens (including phenoxy) is 2. The standard InChI is InChI=1S/C7H16N2O2/c1-10-6-8-9-7-4-2-3-5-11-7/h7-9H,2-6H2,1H3. The SMILES string of the molecule is COCNNC1CCCCO1. The average molecular weight is 160 g/mol. The van der Waals surface area contributed by atoms with Crippen molar-refractivity contribution in [1.82, 2.24) is 10.9 Å². The molecule has 0 saturated carbocycles. The third-order valence-corrected chi connectivity index (χ3v) is 1.66. The van der Waals surface area contributed by atoms with Gasteiger partial charge >= 0.3 is 0 Å². The van der Waals surface area contributed by atoms with Crippen LogP contribution in [0.3, 0.4) is 0 Å². The van der Waals surface area contributed by atoms with Crippen molar-refractivity contribution >= 4 is 0 Å². The van der Waals surface area contributed by atoms with E-state index in [1.54, 1.807) is 7.11 Å². The van der Waals surface area contributed by atoms with E-state index in [0.29, 0.717) is 6.73 Å². The van der Waals surface area contributed by atoms with Crippen LogP contribution in [-0.4, -0.2) is 26.7 Å². The maximum absolute atomic E-state index is 5.40. The van der Waals surface area contributed by atoms with E-state index in [9.17, 15) is 0 Å². The summed E-state index contributed by atoms with van der Waals surface area (Å²) in [6, 6.07) is 0. The smallest absolute Gasteiger partial charge is 0.120 e. The van der Waals surface area contributed by atoms with Gasteiger partial charge in [-0.15, -0.1) is 0 Å². The number of methoxy groups -OCH3 is 1. The van der Waals surface area contributed by atoms with Gasteiger partial charge in [0.05, 0.1) is 0 Å². The minimum absolute atomic E-state index is 0.166. The van der Waals surface area contributed by atoms with Crippen LogP contribution in [0.5, 0.6) is 0 Å². The molecular formula is C7H16N2O2. The average Bonchev–Trinajstić information content (AvgIpc) is 2.07. The molecule has 4 nitrogen and oxygen atoms in total. The van der Waals surface area contributed by atoms with Crippen LogP contribution in [-0.2, 0) is 9.47 Å². The molecule has 11 heavy (non-hydrogen) atoms. The molecule has 0 aromatic rings. The Kier molecular flexibility index (Phi) is 4.45. The predicted octanol–water partition coefficient (Wildman–Crippen LogP) is 0.211. The van der Waals surface area contributed by atoms with Crippen LogP contribution < -0.4 is 10.9 Å². The highest BCUT2D eigenvalue weighted by Crippen LogP contribution is 2.08. The van der Waals surface area contributed by atoms with E-state index in [4.69, 9.17) is 9.47 Å². The summed E-state index contributed by atoms with van der Waals surface area (Å²) in [4.78, 5) is 0. The highest BCUT2D eigenvalue weighted by Gasteiger charge is 2.11. The quantitative estimate of drug-likeness (QED) is 0.350. The van der Waals surface area contributed by atoms with Gasteiger partial charge < -0.3 is 9.47 Å². The van der Waals surface area contributed by atoms with Gasteiger partial charge in [-0.2, -0.15) is 0 Å². The summed E-state index contributed by atoms with van der Waals surface area (Å²) >= 11 is 0. The van der Waals surface area contributed by atoms with E-state index in [1.165, 1.54) is 12.8 Å². The summed E-state index contributed by atoms with van der Waals surface area (Å²) in [5.74, 6) is 0. The lowest BCUT2D eigenvalue weighted by Crippen LogP contribution is -2.44. The first kappa shape index (κ1) is 8.93. The van der Waals surface area contributed by atoms with Gasteiger partial charge in [0.25, 0.3) is 0 Å². The van der Waals surface area contributed by atoms with E-state index in [0.717, 1.165) is 13.0 Å². The number of rotatable bonds is 4. The molecule has 1 rings (SSSR count). The Morgan fingerprint density at radius 3 is 3.09 bits per heavy atom. The second kappa shape index (κ2) is 5.49. The molecule has 0 bridgehead atoms. The van der Waals surface area contributed by atoms with E-state index in [-0.39, 0.29) is 6.23 Å². The number of nitrogens with one attached hydrogen (secondary N) is 2. The Morgan fingerprint density at radius 1 is 1.55 bits per heavy atom. The second-order valence-corrected chi connectivity index (χ2v) is 2.61. The highest BCUT2D eigenvalue weighted by atomic mass is 16.5. The Labute approximate surface area is 67.2 Å². The van der Waals surface area contributed by atoms with E-state index < -0.39 is 0 Å². The lowest BCUT2D eigenvalue weighted by atomic mass is 10.2. The number of hydrogen-bond donors (Lipinski definition) is 2. The van der Waals surface area contributed by atoms with Crippen LogP contribution in [0.4, 0.5) is 0 Å². The van der Waals surface area contributed by atoms with E-state index in [1.807, 2.05) is 0 Å². The fraction of sp³-hybridized carbons (Fsp3) is 1.00. The summed E-state index contributed by atoms with van der Waals surface area (Å²) in [5, 5.41) is 0. The van der Waals surface area contributed by atoms with Crippen LogP contribution in [0, 0.1) is 0 Å². The summed E-state index contributed by atoms with van der Waals surface area (Å²) in [5.41, 5.74) is 5.93. The molecule has 0 spiro atoms. The maximum Gasteiger partial charge on any atom is 0.120 e. The van der Waals surface area contributed by atoms with Crippen molar-refractivity contribution in [3.8, 4) is 0 Å². The summed E-state index contributed by atoms with van der Waals surface area (Å²) in [6.45, 7) is 1.38. The van der Waals surface area contributed by atoms with Crippen molar-refractivity contribution in [2.75, 3.05) is 20.4 Å². The van der Waals surface area contributed by atoms with Crippen LogP contribution in [0.15, 0.2) is 0 Å². The molecule has 1 heterocycles. The minimum atomic E-state index is 0.166. The molecule has 1 aliphatic heterocycles. The normalized spacial score (nSPS) is 25.4. The summed E-state index contributed by atoms with van der Waals surface area (Å²) in [7, 11) is 1.65. The Balaban J connectivity index is 1.96. The van der Waals surface area contributed by atoms with Gasteiger partial charge in [0.15, 0.2) is 0 Å². The summed E-state index contributed by atoms with van der Waals surface area (Å²) < 4.78 is 10.2. The zero-order chi connectivity index (χ0) is 7.94. The topological polar surface area (TPSA) is 42.5 Å². The van der Waals surface area contributed by atoms with Gasteiger partial charge in [-0.25, -0.2) is 10.9 Å². The Hall–Kier alpha value is -0.160. The van der Waals surface area contributed by atoms with Crippen LogP contribution in [0.25, 0.3) is 0 Å². The first-order chi connectivity index (χ1) is 5.43. The molecule has 0 amide bonds. The van der Waals surface area contributed by atoms with Gasteiger partial charge in [-0.05, 0) is 19.3 Å². The van der Waals surface area contributed by atoms with E-state index >= 15 is 0 Å². The van der Waals surface area contributed by atoms with Crippen molar-refractivity contribution in [3.63, 3.8) is 0 Å². The van der Waals surface area contributed by atoms with Crippen molar-refractivity contribution in [2.45, 2.75) is 25.5 Å². The fourth-order valence-corrected chi connectivity index (χ4v) is 1.08. The monoisotopic (exact) mass is 160 g/mol. The summed E-state index contributed by atoms with van der Waals surface area (Å²) in [6.07, 6.45) is 3.67. The van der Waals surface area contributed by atoms with Crippen LogP contribution in [0.1, 0.15) is 19.3 Å². The molecule has 66 valence electrons. The first-order valence-corrected chi connectivity index (χ1v) is 4.02. The van der Waals surface area contributed by atoms with Crippen LogP contribution in [0.2, 0.25) is 0 Å². The number of hydrazine groups is 1. The molecule has 1 saturated heterocycles. The van der Waals surface area contributed by atoms with Crippen molar-refractivity contribution in [3.05, 3.63) is 0 Å². The second-order valence-electron chi connectivity index (χ2n) is 2.61. The third-order valence-electron chi connectivity index (χ3n) is 1.66. The lowest BCUT2D eigenvalue weighted by molar-refractivity contribution is -0.0219. The molecule has 1 aliphatic rings. The molecule has 0 aliphatic carbocycles. The van der Waals surface area contributed by atoms with Crippen molar-refractivity contribution in [1.29, 1.82) is 0 Å². The molecule has 1 atom stereocenters. The molecular weight excluding hydrogens is 144 g/mol. The molecule has 1 fully saturated rings. The molecule has 2 N–H and O–H groups in total. The zero-order valence-electron chi connectivity index (χ0n) is 6.93. The number of hydrogen-bond acceptors (Lipinski definition) is 4. The van der Waals surface area contributed by atoms with Gasteiger partial charge in [-0.3, -0.25) is 0 Å². The third kappa shape index (κ3) is 3.67. The van der Waals surface area contributed by atoms with Gasteiger partial charge in [0.2, 0.25) is 0 Å². The van der Waals surface area contributed by atoms with Crippen molar-refractivity contribution in [2.24, 2.45) is 0 Å². The molecule has 1 unspecified atom stereocenters. The molecule has 0 aromatic heterocycles. The maximum atomic E-state index is 5.40. The lowest BCUT2D eigenvalue weighted by Gasteiger charge is -2.23. The van der Waals surface area contributed by atoms with Crippen LogP contribution >= 0.6 is 0 Å². The van der Waals surface area contributed by atoms with E-state index in [2.05, 4.69) is 10.9 Å². The van der Waals surface area contributed by atoms with Gasteiger partial charge in [0.1, 0.15) is 13.0 Å². The first-order valence-electron chi connectivity index (χ1n) is 4.02. The molecule has 0 aromatic carbocycles. The fourth-order valence-electron chi connectivity index (χ4n) is 1.08. The molecule has 0 radical (unpaired) electrons. The largest absolute Gasteiger partial charge is 0.368 e. The highest BCUT2D eigenvalue weighted by molar-refractivity contribution is 4.57. The zero-order valence-corrected chi connectivity index (χ0v) is 6.93. The Morgan fingerprint density at radius 2 is 2.45 bits per heavy atom. The van der Waals surface area contributed by atoms with Crippen molar-refractivity contribution < 1.29 is 9.47 Å².